The van der Waals surface area contributed by atoms with Crippen molar-refractivity contribution in [3.8, 4) is 11.5 Å². The standard InChI is InChI=1S/C24H43N5O4P2/c1-11-12-15-33-20-13-14-21-19(16-20)17-23(32-10)22(25-21)18-24(34(30,26(2)3)27(4)5)35(31,28(6)7)29(8)9/h13-14,16-17,24H,11-12,15,18H2,1-10H3. The third-order valence-electron chi connectivity index (χ3n) is 6.26. The molecule has 0 unspecified atom stereocenters. The van der Waals surface area contributed by atoms with Crippen molar-refractivity contribution < 1.29 is 18.6 Å². The van der Waals surface area contributed by atoms with Crippen LogP contribution in [-0.2, 0) is 15.6 Å². The number of pyridine rings is 1. The number of ether oxygens (including phenoxy) is 2. The molecule has 0 aliphatic heterocycles. The molecular weight excluding hydrogens is 484 g/mol. The number of nitrogens with zero attached hydrogens (tertiary/aromatic N) is 5. The molecule has 35 heavy (non-hydrogen) atoms. The molecule has 0 amide bonds. The summed E-state index contributed by atoms with van der Waals surface area (Å²) in [5, 5.41) is 0.156. The molecule has 0 atom stereocenters. The minimum Gasteiger partial charge on any atom is -0.495 e. The van der Waals surface area contributed by atoms with Crippen LogP contribution in [0.4, 0.5) is 0 Å². The summed E-state index contributed by atoms with van der Waals surface area (Å²) in [6, 6.07) is 7.71. The Hall–Kier alpha value is -1.47. The highest BCUT2D eigenvalue weighted by atomic mass is 31.2. The maximum absolute atomic E-state index is 14.5. The Bertz CT molecular complexity index is 1030. The Labute approximate surface area is 211 Å². The zero-order valence-electron chi connectivity index (χ0n) is 23.0. The molecule has 1 heterocycles. The van der Waals surface area contributed by atoms with Crippen LogP contribution in [-0.4, -0.2) is 99.2 Å². The first-order chi connectivity index (χ1) is 16.3. The zero-order valence-corrected chi connectivity index (χ0v) is 24.8. The van der Waals surface area contributed by atoms with Crippen LogP contribution in [0.2, 0.25) is 0 Å². The van der Waals surface area contributed by atoms with Gasteiger partial charge in [-0.25, -0.2) is 23.7 Å². The van der Waals surface area contributed by atoms with Crippen LogP contribution in [0.5, 0.6) is 11.5 Å². The Balaban J connectivity index is 2.66. The van der Waals surface area contributed by atoms with E-state index in [2.05, 4.69) is 6.92 Å². The van der Waals surface area contributed by atoms with Crippen molar-refractivity contribution in [2.75, 3.05) is 70.1 Å². The lowest BCUT2D eigenvalue weighted by atomic mass is 10.1. The molecule has 0 saturated heterocycles. The van der Waals surface area contributed by atoms with Crippen molar-refractivity contribution in [3.63, 3.8) is 0 Å². The van der Waals surface area contributed by atoms with E-state index < -0.39 is 20.3 Å². The summed E-state index contributed by atoms with van der Waals surface area (Å²) in [4.78, 5) is 4.89. The van der Waals surface area contributed by atoms with Crippen molar-refractivity contribution in [3.05, 3.63) is 30.0 Å². The first-order valence-corrected chi connectivity index (χ1v) is 15.2. The largest absolute Gasteiger partial charge is 0.495 e. The molecule has 0 aliphatic carbocycles. The van der Waals surface area contributed by atoms with E-state index in [4.69, 9.17) is 14.5 Å². The maximum atomic E-state index is 14.5. The SMILES string of the molecule is CCCCOc1ccc2nc(CC(P(=O)(N(C)C)N(C)C)P(=O)(N(C)C)N(C)C)c(OC)cc2c1. The van der Waals surface area contributed by atoms with Crippen molar-refractivity contribution in [1.82, 2.24) is 23.7 Å². The van der Waals surface area contributed by atoms with Gasteiger partial charge in [0, 0.05) is 11.8 Å². The van der Waals surface area contributed by atoms with E-state index >= 15 is 0 Å². The van der Waals surface area contributed by atoms with Crippen molar-refractivity contribution in [2.24, 2.45) is 0 Å². The van der Waals surface area contributed by atoms with Gasteiger partial charge in [-0.2, -0.15) is 0 Å². The van der Waals surface area contributed by atoms with E-state index in [0.29, 0.717) is 18.1 Å². The third-order valence-corrected chi connectivity index (χ3v) is 14.6. The number of benzene rings is 1. The lowest BCUT2D eigenvalue weighted by Crippen LogP contribution is -2.37. The smallest absolute Gasteiger partial charge is 0.228 e. The quantitative estimate of drug-likeness (QED) is 0.266. The molecule has 198 valence electrons. The summed E-state index contributed by atoms with van der Waals surface area (Å²) in [5.74, 6) is 1.36. The summed E-state index contributed by atoms with van der Waals surface area (Å²) < 4.78 is 47.5. The molecule has 0 fully saturated rings. The maximum Gasteiger partial charge on any atom is 0.228 e. The molecule has 0 bridgehead atoms. The second kappa shape index (κ2) is 12.2. The number of methoxy groups -OCH3 is 1. The lowest BCUT2D eigenvalue weighted by molar-refractivity contribution is 0.310. The van der Waals surface area contributed by atoms with Gasteiger partial charge in [-0.05, 0) is 87.1 Å². The fourth-order valence-electron chi connectivity index (χ4n) is 4.31. The zero-order chi connectivity index (χ0) is 26.6. The number of aromatic nitrogens is 1. The number of hydrogen-bond acceptors (Lipinski definition) is 5. The van der Waals surface area contributed by atoms with Gasteiger partial charge in [0.2, 0.25) is 14.9 Å². The molecule has 9 nitrogen and oxygen atoms in total. The molecule has 0 N–H and O–H groups in total. The van der Waals surface area contributed by atoms with Crippen LogP contribution < -0.4 is 9.47 Å². The predicted molar refractivity (Wildman–Crippen MR) is 146 cm³/mol. The van der Waals surface area contributed by atoms with E-state index in [1.54, 1.807) is 82.2 Å². The first kappa shape index (κ1) is 29.8. The van der Waals surface area contributed by atoms with E-state index in [1.807, 2.05) is 24.3 Å². The Morgan fingerprint density at radius 3 is 1.89 bits per heavy atom. The minimum atomic E-state index is -3.28. The second-order valence-corrected chi connectivity index (χ2v) is 16.7. The van der Waals surface area contributed by atoms with E-state index in [-0.39, 0.29) is 6.42 Å². The molecule has 1 aromatic heterocycles. The van der Waals surface area contributed by atoms with Gasteiger partial charge in [-0.15, -0.1) is 0 Å². The Kier molecular flexibility index (Phi) is 10.4. The van der Waals surface area contributed by atoms with Crippen LogP contribution in [0.1, 0.15) is 25.5 Å². The predicted octanol–water partition coefficient (Wildman–Crippen LogP) is 4.92. The fourth-order valence-corrected chi connectivity index (χ4v) is 12.7. The van der Waals surface area contributed by atoms with Crippen LogP contribution in [0.15, 0.2) is 24.3 Å². The van der Waals surface area contributed by atoms with Gasteiger partial charge < -0.3 is 9.47 Å². The van der Waals surface area contributed by atoms with Crippen molar-refractivity contribution in [2.45, 2.75) is 31.6 Å². The highest BCUT2D eigenvalue weighted by Gasteiger charge is 2.52. The highest BCUT2D eigenvalue weighted by molar-refractivity contribution is 7.77. The van der Waals surface area contributed by atoms with E-state index in [9.17, 15) is 9.13 Å². The number of unbranched alkanes of at least 4 members (excludes halogenated alkanes) is 1. The molecule has 11 heteroatoms. The number of rotatable bonds is 13. The van der Waals surface area contributed by atoms with Gasteiger partial charge in [0.1, 0.15) is 16.9 Å². The van der Waals surface area contributed by atoms with Gasteiger partial charge >= 0.3 is 0 Å². The summed E-state index contributed by atoms with van der Waals surface area (Å²) in [5.41, 5.74) is 1.40. The molecule has 1 aromatic carbocycles. The molecule has 2 rings (SSSR count). The van der Waals surface area contributed by atoms with Gasteiger partial charge in [0.05, 0.1) is 24.9 Å². The Morgan fingerprint density at radius 1 is 0.886 bits per heavy atom. The van der Waals surface area contributed by atoms with Gasteiger partial charge in [-0.3, -0.25) is 9.13 Å². The molecule has 0 aliphatic rings. The lowest BCUT2D eigenvalue weighted by Gasteiger charge is -2.44. The van der Waals surface area contributed by atoms with E-state index in [0.717, 1.165) is 29.5 Å². The van der Waals surface area contributed by atoms with E-state index in [1.165, 1.54) is 0 Å². The first-order valence-electron chi connectivity index (χ1n) is 11.8. The summed E-state index contributed by atoms with van der Waals surface area (Å²) in [6.07, 6.45) is 2.28. The van der Waals surface area contributed by atoms with Crippen LogP contribution in [0.3, 0.4) is 0 Å². The molecule has 0 spiro atoms. The van der Waals surface area contributed by atoms with Gasteiger partial charge in [-0.1, -0.05) is 13.3 Å². The third kappa shape index (κ3) is 6.10. The normalized spacial score (nSPS) is 13.1. The summed E-state index contributed by atoms with van der Waals surface area (Å²) in [7, 11) is 9.22. The van der Waals surface area contributed by atoms with Crippen LogP contribution in [0.25, 0.3) is 10.9 Å². The minimum absolute atomic E-state index is 0.217. The van der Waals surface area contributed by atoms with Crippen molar-refractivity contribution in [1.29, 1.82) is 0 Å². The second-order valence-electron chi connectivity index (χ2n) is 9.45. The average Bonchev–Trinajstić information content (AvgIpc) is 2.80. The highest BCUT2D eigenvalue weighted by Crippen LogP contribution is 2.72. The fraction of sp³-hybridized carbons (Fsp3) is 0.625. The van der Waals surface area contributed by atoms with Gasteiger partial charge in [0.25, 0.3) is 0 Å². The van der Waals surface area contributed by atoms with Crippen LogP contribution in [0, 0.1) is 0 Å². The number of fused-ring (bicyclic) bond motifs is 1. The molecule has 2 aromatic rings. The monoisotopic (exact) mass is 527 g/mol. The average molecular weight is 528 g/mol. The summed E-state index contributed by atoms with van der Waals surface area (Å²) >= 11 is 0. The van der Waals surface area contributed by atoms with Crippen LogP contribution >= 0.6 is 14.9 Å². The molecule has 0 saturated carbocycles. The summed E-state index contributed by atoms with van der Waals surface area (Å²) in [6.45, 7) is 2.80. The molecular formula is C24H43N5O4P2. The topological polar surface area (TPSA) is 78.5 Å². The molecule has 0 radical (unpaired) electrons. The number of hydrogen-bond donors (Lipinski definition) is 0. The van der Waals surface area contributed by atoms with Crippen molar-refractivity contribution >= 4 is 25.8 Å². The Morgan fingerprint density at radius 2 is 1.43 bits per heavy atom. The van der Waals surface area contributed by atoms with Gasteiger partial charge in [0.15, 0.2) is 0 Å².